The molecular weight excluding hydrogens is 410 g/mol. The van der Waals surface area contributed by atoms with Crippen LogP contribution in [-0.2, 0) is 5.41 Å². The summed E-state index contributed by atoms with van der Waals surface area (Å²) in [6.45, 7) is 8.72. The first-order chi connectivity index (χ1) is 15.5. The summed E-state index contributed by atoms with van der Waals surface area (Å²) in [5.41, 5.74) is 7.48. The molecule has 0 fully saturated rings. The minimum Gasteiger partial charge on any atom is -0.478 e. The molecule has 0 aliphatic rings. The van der Waals surface area contributed by atoms with Crippen molar-refractivity contribution in [3.05, 3.63) is 94.6 Å². The van der Waals surface area contributed by atoms with Crippen LogP contribution in [0.5, 0.6) is 0 Å². The summed E-state index contributed by atoms with van der Waals surface area (Å²) in [6.07, 6.45) is 2.77. The van der Waals surface area contributed by atoms with Gasteiger partial charge in [-0.1, -0.05) is 75.4 Å². The molecule has 172 valence electrons. The van der Waals surface area contributed by atoms with E-state index in [4.69, 9.17) is 5.11 Å². The van der Waals surface area contributed by atoms with Crippen LogP contribution in [0, 0.1) is 6.92 Å². The van der Waals surface area contributed by atoms with Gasteiger partial charge in [-0.05, 0) is 63.9 Å². The highest BCUT2D eigenvalue weighted by molar-refractivity contribution is 5.87. The number of rotatable bonds is 6. The van der Waals surface area contributed by atoms with Crippen molar-refractivity contribution in [3.8, 4) is 11.1 Å². The zero-order valence-electron chi connectivity index (χ0n) is 20.3. The molecule has 0 heterocycles. The van der Waals surface area contributed by atoms with Gasteiger partial charge in [-0.15, -0.1) is 0 Å². The SMILES string of the molecule is Cc1c(C(O)/C=C/c2ccc(C(=O)O)cc2)cc(-c2ccccc2)c(C(C)(C)C)c1N(C)C. The number of carbonyl (C=O) groups is 1. The van der Waals surface area contributed by atoms with Crippen LogP contribution in [0.4, 0.5) is 5.69 Å². The lowest BCUT2D eigenvalue weighted by Gasteiger charge is -2.33. The van der Waals surface area contributed by atoms with Gasteiger partial charge in [-0.2, -0.15) is 0 Å². The summed E-state index contributed by atoms with van der Waals surface area (Å²) in [6, 6.07) is 19.0. The molecule has 0 aliphatic carbocycles. The molecule has 0 spiro atoms. The number of nitrogens with zero attached hydrogens (tertiary/aromatic N) is 1. The van der Waals surface area contributed by atoms with Gasteiger partial charge in [-0.25, -0.2) is 4.79 Å². The molecule has 4 nitrogen and oxygen atoms in total. The van der Waals surface area contributed by atoms with Gasteiger partial charge in [0.2, 0.25) is 0 Å². The molecule has 33 heavy (non-hydrogen) atoms. The average molecular weight is 444 g/mol. The maximum absolute atomic E-state index is 11.2. The number of aromatic carboxylic acids is 1. The Morgan fingerprint density at radius 2 is 1.61 bits per heavy atom. The molecule has 0 radical (unpaired) electrons. The fraction of sp³-hybridized carbons (Fsp3) is 0.276. The summed E-state index contributed by atoms with van der Waals surface area (Å²) in [4.78, 5) is 13.2. The third-order valence-electron chi connectivity index (χ3n) is 5.82. The first kappa shape index (κ1) is 24.3. The second kappa shape index (κ2) is 9.63. The van der Waals surface area contributed by atoms with Crippen molar-refractivity contribution >= 4 is 17.7 Å². The third-order valence-corrected chi connectivity index (χ3v) is 5.82. The Morgan fingerprint density at radius 1 is 1.00 bits per heavy atom. The topological polar surface area (TPSA) is 60.8 Å². The van der Waals surface area contributed by atoms with Crippen molar-refractivity contribution in [2.75, 3.05) is 19.0 Å². The maximum Gasteiger partial charge on any atom is 0.335 e. The number of benzene rings is 3. The van der Waals surface area contributed by atoms with Gasteiger partial charge in [0.1, 0.15) is 0 Å². The molecule has 3 rings (SSSR count). The predicted octanol–water partition coefficient (Wildman–Crippen LogP) is 6.47. The summed E-state index contributed by atoms with van der Waals surface area (Å²) < 4.78 is 0. The van der Waals surface area contributed by atoms with E-state index in [-0.39, 0.29) is 11.0 Å². The molecule has 0 saturated carbocycles. The van der Waals surface area contributed by atoms with Crippen LogP contribution in [0.2, 0.25) is 0 Å². The summed E-state index contributed by atoms with van der Waals surface area (Å²) in [5.74, 6) is -0.954. The Labute approximate surface area is 196 Å². The van der Waals surface area contributed by atoms with E-state index in [0.717, 1.165) is 33.5 Å². The number of carboxylic acids is 1. The van der Waals surface area contributed by atoms with Crippen molar-refractivity contribution in [1.29, 1.82) is 0 Å². The molecule has 0 saturated heterocycles. The molecule has 4 heteroatoms. The largest absolute Gasteiger partial charge is 0.478 e. The number of aliphatic hydroxyl groups excluding tert-OH is 1. The van der Waals surface area contributed by atoms with E-state index in [1.807, 2.05) is 38.4 Å². The Balaban J connectivity index is 2.13. The van der Waals surface area contributed by atoms with Crippen LogP contribution in [0.25, 0.3) is 17.2 Å². The lowest BCUT2D eigenvalue weighted by molar-refractivity contribution is 0.0697. The van der Waals surface area contributed by atoms with Crippen LogP contribution in [0.1, 0.15) is 59.5 Å². The van der Waals surface area contributed by atoms with E-state index in [1.165, 1.54) is 5.56 Å². The van der Waals surface area contributed by atoms with Crippen LogP contribution in [-0.4, -0.2) is 30.3 Å². The smallest absolute Gasteiger partial charge is 0.335 e. The Morgan fingerprint density at radius 3 is 2.12 bits per heavy atom. The zero-order chi connectivity index (χ0) is 24.3. The van der Waals surface area contributed by atoms with Crippen molar-refractivity contribution in [2.45, 2.75) is 39.2 Å². The summed E-state index contributed by atoms with van der Waals surface area (Å²) in [5, 5.41) is 20.3. The molecule has 0 aliphatic heterocycles. The zero-order valence-corrected chi connectivity index (χ0v) is 20.3. The highest BCUT2D eigenvalue weighted by Crippen LogP contribution is 2.44. The highest BCUT2D eigenvalue weighted by atomic mass is 16.4. The van der Waals surface area contributed by atoms with Crippen molar-refractivity contribution in [2.24, 2.45) is 0 Å². The summed E-state index contributed by atoms with van der Waals surface area (Å²) in [7, 11) is 4.09. The third kappa shape index (κ3) is 5.35. The number of anilines is 1. The quantitative estimate of drug-likeness (QED) is 0.458. The average Bonchev–Trinajstić information content (AvgIpc) is 2.77. The van der Waals surface area contributed by atoms with Gasteiger partial charge < -0.3 is 15.1 Å². The molecule has 0 amide bonds. The van der Waals surface area contributed by atoms with Gasteiger partial charge in [-0.3, -0.25) is 0 Å². The van der Waals surface area contributed by atoms with Crippen molar-refractivity contribution < 1.29 is 15.0 Å². The molecular formula is C29H33NO3. The standard InChI is InChI=1S/C29H33NO3/c1-19-23(25(31)17-14-20-12-15-22(16-13-20)28(32)33)18-24(21-10-8-7-9-11-21)26(29(2,3)4)27(19)30(5)6/h7-18,25,31H,1-6H3,(H,32,33)/b17-14+. The van der Waals surface area contributed by atoms with E-state index in [0.29, 0.717) is 0 Å². The minimum absolute atomic E-state index is 0.0965. The van der Waals surface area contributed by atoms with Gasteiger partial charge in [0.15, 0.2) is 0 Å². The number of carboxylic acid groups (broad SMARTS) is 1. The number of aliphatic hydroxyl groups is 1. The molecule has 3 aromatic carbocycles. The van der Waals surface area contributed by atoms with Crippen LogP contribution in [0.15, 0.2) is 66.7 Å². The molecule has 2 N–H and O–H groups in total. The van der Waals surface area contributed by atoms with Crippen LogP contribution >= 0.6 is 0 Å². The van der Waals surface area contributed by atoms with Gasteiger partial charge in [0.25, 0.3) is 0 Å². The highest BCUT2D eigenvalue weighted by Gasteiger charge is 2.28. The van der Waals surface area contributed by atoms with Gasteiger partial charge in [0, 0.05) is 19.8 Å². The minimum atomic E-state index is -0.954. The molecule has 0 bridgehead atoms. The summed E-state index contributed by atoms with van der Waals surface area (Å²) >= 11 is 0. The lowest BCUT2D eigenvalue weighted by Crippen LogP contribution is -2.22. The monoisotopic (exact) mass is 443 g/mol. The van der Waals surface area contributed by atoms with E-state index in [1.54, 1.807) is 30.3 Å². The Hall–Kier alpha value is -3.37. The molecule has 0 aromatic heterocycles. The van der Waals surface area contributed by atoms with E-state index < -0.39 is 12.1 Å². The van der Waals surface area contributed by atoms with Crippen molar-refractivity contribution in [1.82, 2.24) is 0 Å². The fourth-order valence-corrected chi connectivity index (χ4v) is 4.30. The van der Waals surface area contributed by atoms with Crippen LogP contribution < -0.4 is 4.90 Å². The van der Waals surface area contributed by atoms with Crippen molar-refractivity contribution in [3.63, 3.8) is 0 Å². The Kier molecular flexibility index (Phi) is 7.09. The normalized spacial score (nSPS) is 12.7. The second-order valence-corrected chi connectivity index (χ2v) is 9.60. The fourth-order valence-electron chi connectivity index (χ4n) is 4.30. The molecule has 3 aromatic rings. The van der Waals surface area contributed by atoms with E-state index in [9.17, 15) is 9.90 Å². The van der Waals surface area contributed by atoms with Gasteiger partial charge in [0.05, 0.1) is 11.7 Å². The number of hydrogen-bond donors (Lipinski definition) is 2. The van der Waals surface area contributed by atoms with E-state index in [2.05, 4.69) is 50.8 Å². The number of hydrogen-bond acceptors (Lipinski definition) is 3. The molecule has 1 atom stereocenters. The van der Waals surface area contributed by atoms with E-state index >= 15 is 0 Å². The lowest BCUT2D eigenvalue weighted by atomic mass is 9.77. The predicted molar refractivity (Wildman–Crippen MR) is 137 cm³/mol. The maximum atomic E-state index is 11.2. The first-order valence-corrected chi connectivity index (χ1v) is 11.1. The Bertz CT molecular complexity index is 1150. The molecule has 1 unspecified atom stereocenters. The second-order valence-electron chi connectivity index (χ2n) is 9.60. The van der Waals surface area contributed by atoms with Gasteiger partial charge >= 0.3 is 5.97 Å². The first-order valence-electron chi connectivity index (χ1n) is 11.1. The van der Waals surface area contributed by atoms with Crippen LogP contribution in [0.3, 0.4) is 0 Å².